The van der Waals surface area contributed by atoms with E-state index in [0.29, 0.717) is 6.61 Å². The Morgan fingerprint density at radius 3 is 2.56 bits per heavy atom. The third-order valence-corrected chi connectivity index (χ3v) is 5.59. The lowest BCUT2D eigenvalue weighted by atomic mass is 10.0. The van der Waals surface area contributed by atoms with Crippen LogP contribution in [0.15, 0.2) is 24.8 Å². The molecule has 2 saturated heterocycles. The number of hydrogen-bond acceptors (Lipinski definition) is 5. The van der Waals surface area contributed by atoms with Crippen molar-refractivity contribution in [2.24, 2.45) is 0 Å². The molecule has 0 saturated carbocycles. The third-order valence-electron chi connectivity index (χ3n) is 5.59. The normalized spacial score (nSPS) is 19.8. The number of piperidine rings is 1. The first-order chi connectivity index (χ1) is 13.2. The van der Waals surface area contributed by atoms with E-state index in [1.807, 2.05) is 13.0 Å². The molecule has 0 N–H and O–H groups in total. The van der Waals surface area contributed by atoms with Crippen LogP contribution in [0, 0.1) is 0 Å². The Labute approximate surface area is 163 Å². The molecule has 2 fully saturated rings. The molecule has 0 amide bonds. The second kappa shape index (κ2) is 10.1. The van der Waals surface area contributed by atoms with E-state index in [4.69, 9.17) is 14.2 Å². The molecule has 0 bridgehead atoms. The number of benzene rings is 1. The van der Waals surface area contributed by atoms with Gasteiger partial charge in [-0.05, 0) is 50.9 Å². The average Bonchev–Trinajstić information content (AvgIpc) is 2.70. The molecule has 2 heterocycles. The molecule has 2 aliphatic heterocycles. The summed E-state index contributed by atoms with van der Waals surface area (Å²) in [4.78, 5) is 5.18. The summed E-state index contributed by atoms with van der Waals surface area (Å²) in [7, 11) is 1.71. The first-order valence-electron chi connectivity index (χ1n) is 10.2. The second-order valence-corrected chi connectivity index (χ2v) is 7.37. The number of likely N-dealkylation sites (tertiary alicyclic amines) is 1. The van der Waals surface area contributed by atoms with Gasteiger partial charge in [-0.15, -0.1) is 6.58 Å². The van der Waals surface area contributed by atoms with E-state index < -0.39 is 0 Å². The zero-order valence-electron chi connectivity index (χ0n) is 16.9. The van der Waals surface area contributed by atoms with Crippen molar-refractivity contribution < 1.29 is 14.2 Å². The number of methoxy groups -OCH3 is 1. The zero-order valence-corrected chi connectivity index (χ0v) is 16.9. The van der Waals surface area contributed by atoms with Crippen molar-refractivity contribution in [1.29, 1.82) is 0 Å². The van der Waals surface area contributed by atoms with Gasteiger partial charge in [0.1, 0.15) is 0 Å². The SMILES string of the molecule is C=CCc1cc(CN2CCC(N3CCOCC3)CC2)cc(OCC)c1OC. The van der Waals surface area contributed by atoms with E-state index in [1.54, 1.807) is 7.11 Å². The Morgan fingerprint density at radius 1 is 1.19 bits per heavy atom. The second-order valence-electron chi connectivity index (χ2n) is 7.37. The van der Waals surface area contributed by atoms with Crippen molar-refractivity contribution in [3.63, 3.8) is 0 Å². The molecule has 0 unspecified atom stereocenters. The van der Waals surface area contributed by atoms with Gasteiger partial charge < -0.3 is 14.2 Å². The van der Waals surface area contributed by atoms with Crippen LogP contribution in [0.4, 0.5) is 0 Å². The van der Waals surface area contributed by atoms with Crippen LogP contribution in [0.5, 0.6) is 11.5 Å². The van der Waals surface area contributed by atoms with Gasteiger partial charge in [-0.3, -0.25) is 9.80 Å². The van der Waals surface area contributed by atoms with Gasteiger partial charge in [0.25, 0.3) is 0 Å². The highest BCUT2D eigenvalue weighted by Crippen LogP contribution is 2.34. The van der Waals surface area contributed by atoms with Crippen LogP contribution in [0.3, 0.4) is 0 Å². The van der Waals surface area contributed by atoms with Gasteiger partial charge >= 0.3 is 0 Å². The largest absolute Gasteiger partial charge is 0.493 e. The minimum absolute atomic E-state index is 0.637. The first-order valence-corrected chi connectivity index (χ1v) is 10.2. The van der Waals surface area contributed by atoms with Crippen molar-refractivity contribution in [1.82, 2.24) is 9.80 Å². The van der Waals surface area contributed by atoms with Gasteiger partial charge in [0.15, 0.2) is 11.5 Å². The summed E-state index contributed by atoms with van der Waals surface area (Å²) in [6, 6.07) is 5.11. The fraction of sp³-hybridized carbons (Fsp3) is 0.636. The lowest BCUT2D eigenvalue weighted by Gasteiger charge is -2.40. The lowest BCUT2D eigenvalue weighted by molar-refractivity contribution is 0.000224. The molecule has 0 spiro atoms. The summed E-state index contributed by atoms with van der Waals surface area (Å²) in [5.41, 5.74) is 2.44. The third kappa shape index (κ3) is 5.24. The zero-order chi connectivity index (χ0) is 19.1. The van der Waals surface area contributed by atoms with Crippen molar-refractivity contribution in [2.45, 2.75) is 38.8 Å². The first kappa shape index (κ1) is 20.2. The average molecular weight is 375 g/mol. The Balaban J connectivity index is 1.64. The summed E-state index contributed by atoms with van der Waals surface area (Å²) in [6.07, 6.45) is 5.20. The molecule has 3 rings (SSSR count). The quantitative estimate of drug-likeness (QED) is 0.653. The van der Waals surface area contributed by atoms with Crippen molar-refractivity contribution in [3.8, 4) is 11.5 Å². The highest BCUT2D eigenvalue weighted by atomic mass is 16.5. The predicted octanol–water partition coefficient (Wildman–Crippen LogP) is 3.12. The fourth-order valence-corrected chi connectivity index (χ4v) is 4.26. The summed E-state index contributed by atoms with van der Waals surface area (Å²) in [5.74, 6) is 1.68. The van der Waals surface area contributed by atoms with Crippen molar-refractivity contribution in [3.05, 3.63) is 35.9 Å². The Kier molecular flexibility index (Phi) is 7.56. The molecule has 27 heavy (non-hydrogen) atoms. The number of nitrogens with zero attached hydrogens (tertiary/aromatic N) is 2. The monoisotopic (exact) mass is 374 g/mol. The Hall–Kier alpha value is -1.56. The van der Waals surface area contributed by atoms with Crippen LogP contribution in [-0.4, -0.2) is 69.0 Å². The number of rotatable bonds is 8. The summed E-state index contributed by atoms with van der Waals surface area (Å²) in [5, 5.41) is 0. The van der Waals surface area contributed by atoms with Gasteiger partial charge in [0, 0.05) is 31.2 Å². The topological polar surface area (TPSA) is 34.2 Å². The number of ether oxygens (including phenoxy) is 3. The van der Waals surface area contributed by atoms with Crippen molar-refractivity contribution >= 4 is 0 Å². The summed E-state index contributed by atoms with van der Waals surface area (Å²) in [6.45, 7) is 13.7. The molecule has 0 radical (unpaired) electrons. The van der Waals surface area contributed by atoms with Crippen LogP contribution in [0.1, 0.15) is 30.9 Å². The lowest BCUT2D eigenvalue weighted by Crippen LogP contribution is -2.48. The molecule has 150 valence electrons. The summed E-state index contributed by atoms with van der Waals surface area (Å²) >= 11 is 0. The molecule has 0 aromatic heterocycles. The predicted molar refractivity (Wildman–Crippen MR) is 109 cm³/mol. The van der Waals surface area contributed by atoms with Gasteiger partial charge in [-0.2, -0.15) is 0 Å². The van der Waals surface area contributed by atoms with E-state index in [-0.39, 0.29) is 0 Å². The van der Waals surface area contributed by atoms with E-state index in [2.05, 4.69) is 28.5 Å². The van der Waals surface area contributed by atoms with E-state index in [1.165, 1.54) is 18.4 Å². The Bertz CT molecular complexity index is 606. The molecule has 5 nitrogen and oxygen atoms in total. The van der Waals surface area contributed by atoms with E-state index >= 15 is 0 Å². The van der Waals surface area contributed by atoms with Gasteiger partial charge in [-0.1, -0.05) is 12.1 Å². The van der Waals surface area contributed by atoms with E-state index in [0.717, 1.165) is 75.5 Å². The van der Waals surface area contributed by atoms with Crippen LogP contribution >= 0.6 is 0 Å². The van der Waals surface area contributed by atoms with Gasteiger partial charge in [0.2, 0.25) is 0 Å². The minimum atomic E-state index is 0.637. The molecule has 5 heteroatoms. The maximum absolute atomic E-state index is 5.84. The molecular weight excluding hydrogens is 340 g/mol. The van der Waals surface area contributed by atoms with Crippen LogP contribution in [0.2, 0.25) is 0 Å². The minimum Gasteiger partial charge on any atom is -0.493 e. The maximum Gasteiger partial charge on any atom is 0.164 e. The fourth-order valence-electron chi connectivity index (χ4n) is 4.26. The van der Waals surface area contributed by atoms with Crippen LogP contribution in [0.25, 0.3) is 0 Å². The van der Waals surface area contributed by atoms with E-state index in [9.17, 15) is 0 Å². The maximum atomic E-state index is 5.84. The molecule has 1 aromatic rings. The van der Waals surface area contributed by atoms with Crippen LogP contribution < -0.4 is 9.47 Å². The number of morpholine rings is 1. The highest BCUT2D eigenvalue weighted by molar-refractivity contribution is 5.50. The molecule has 0 atom stereocenters. The number of allylic oxidation sites excluding steroid dienone is 1. The Morgan fingerprint density at radius 2 is 1.93 bits per heavy atom. The molecule has 0 aliphatic carbocycles. The highest BCUT2D eigenvalue weighted by Gasteiger charge is 2.26. The number of hydrogen-bond donors (Lipinski definition) is 0. The summed E-state index contributed by atoms with van der Waals surface area (Å²) < 4.78 is 16.9. The smallest absolute Gasteiger partial charge is 0.164 e. The van der Waals surface area contributed by atoms with Crippen LogP contribution in [-0.2, 0) is 17.7 Å². The molecular formula is C22H34N2O3. The van der Waals surface area contributed by atoms with Crippen molar-refractivity contribution in [2.75, 3.05) is 53.1 Å². The standard InChI is InChI=1S/C22H34N2O3/c1-4-6-19-15-18(16-21(27-5-2)22(19)25-3)17-23-9-7-20(8-10-23)24-11-13-26-14-12-24/h4,15-16,20H,1,5-14,17H2,2-3H3. The molecule has 2 aliphatic rings. The van der Waals surface area contributed by atoms with Gasteiger partial charge in [-0.25, -0.2) is 0 Å². The molecule has 1 aromatic carbocycles. The van der Waals surface area contributed by atoms with Gasteiger partial charge in [0.05, 0.1) is 26.9 Å².